The molecule has 0 bridgehead atoms. The predicted molar refractivity (Wildman–Crippen MR) is 143 cm³/mol. The lowest BCUT2D eigenvalue weighted by Crippen LogP contribution is -2.28. The van der Waals surface area contributed by atoms with Gasteiger partial charge in [-0.05, 0) is 62.3 Å². The molecule has 0 spiro atoms. The number of hydrogen-bond donors (Lipinski definition) is 5. The molecule has 0 aliphatic carbocycles. The topological polar surface area (TPSA) is 123 Å². The number of aromatic nitrogens is 2. The molecular formula is C23H26Cl2FN7OS. The number of hydrogen-bond acceptors (Lipinski definition) is 9. The summed E-state index contributed by atoms with van der Waals surface area (Å²) in [6.07, 6.45) is 0. The Morgan fingerprint density at radius 3 is 2.66 bits per heavy atom. The Bertz CT molecular complexity index is 1210. The van der Waals surface area contributed by atoms with Crippen molar-refractivity contribution in [2.45, 2.75) is 11.8 Å². The van der Waals surface area contributed by atoms with Crippen molar-refractivity contribution in [2.75, 3.05) is 49.1 Å². The van der Waals surface area contributed by atoms with Crippen LogP contribution in [0.3, 0.4) is 0 Å². The molecule has 0 atom stereocenters. The van der Waals surface area contributed by atoms with Crippen molar-refractivity contribution in [3.05, 3.63) is 57.8 Å². The summed E-state index contributed by atoms with van der Waals surface area (Å²) in [5.74, 6) is 0.579. The van der Waals surface area contributed by atoms with Crippen LogP contribution in [0.4, 0.5) is 21.7 Å². The van der Waals surface area contributed by atoms with Gasteiger partial charge in [0.05, 0.1) is 27.8 Å². The zero-order chi connectivity index (χ0) is 25.5. The molecule has 0 fully saturated rings. The minimum Gasteiger partial charge on any atom is -0.395 e. The molecule has 0 saturated carbocycles. The van der Waals surface area contributed by atoms with E-state index in [0.29, 0.717) is 63.0 Å². The summed E-state index contributed by atoms with van der Waals surface area (Å²) in [7, 11) is 1.90. The van der Waals surface area contributed by atoms with Crippen LogP contribution in [-0.2, 0) is 0 Å². The lowest BCUT2D eigenvalue weighted by atomic mass is 10.1. The molecule has 0 aliphatic rings. The van der Waals surface area contributed by atoms with Gasteiger partial charge in [-0.3, -0.25) is 0 Å². The number of nitrogen functional groups attached to an aromatic ring is 1. The first-order valence-corrected chi connectivity index (χ1v) is 12.2. The average Bonchev–Trinajstić information content (AvgIpc) is 2.80. The molecule has 0 aliphatic heterocycles. The van der Waals surface area contributed by atoms with Crippen LogP contribution >= 0.6 is 35.1 Å². The van der Waals surface area contributed by atoms with Crippen molar-refractivity contribution in [1.29, 1.82) is 5.41 Å². The lowest BCUT2D eigenvalue weighted by molar-refractivity contribution is 0.225. The van der Waals surface area contributed by atoms with Crippen LogP contribution in [0.5, 0.6) is 0 Å². The molecule has 35 heavy (non-hydrogen) atoms. The first-order valence-electron chi connectivity index (χ1n) is 10.6. The van der Waals surface area contributed by atoms with Gasteiger partial charge >= 0.3 is 0 Å². The monoisotopic (exact) mass is 537 g/mol. The Labute approximate surface area is 217 Å². The number of aliphatic hydroxyl groups is 1. The second kappa shape index (κ2) is 12.4. The zero-order valence-electron chi connectivity index (χ0n) is 19.2. The first kappa shape index (κ1) is 27.0. The van der Waals surface area contributed by atoms with Gasteiger partial charge in [0.25, 0.3) is 0 Å². The Morgan fingerprint density at radius 2 is 1.97 bits per heavy atom. The number of benzene rings is 2. The van der Waals surface area contributed by atoms with Crippen molar-refractivity contribution in [2.24, 2.45) is 0 Å². The van der Waals surface area contributed by atoms with Crippen molar-refractivity contribution >= 4 is 58.2 Å². The van der Waals surface area contributed by atoms with Gasteiger partial charge in [0.15, 0.2) is 5.82 Å². The molecule has 1 heterocycles. The minimum absolute atomic E-state index is 0.0735. The van der Waals surface area contributed by atoms with Gasteiger partial charge in [0.1, 0.15) is 17.5 Å². The summed E-state index contributed by atoms with van der Waals surface area (Å²) in [5, 5.41) is 21.2. The SMILES string of the molecule is CC(=N)c1c(N)nc(-c2ccc(NSc3cc(Cl)ccc3F)c(Cl)c2)nc1NCCN(C)CCO. The van der Waals surface area contributed by atoms with Crippen LogP contribution in [0.2, 0.25) is 10.0 Å². The second-order valence-corrected chi connectivity index (χ2v) is 9.40. The summed E-state index contributed by atoms with van der Waals surface area (Å²) in [5.41, 5.74) is 8.05. The summed E-state index contributed by atoms with van der Waals surface area (Å²) in [6.45, 7) is 3.44. The Morgan fingerprint density at radius 1 is 1.20 bits per heavy atom. The third kappa shape index (κ3) is 7.18. The van der Waals surface area contributed by atoms with Crippen LogP contribution < -0.4 is 15.8 Å². The highest BCUT2D eigenvalue weighted by Gasteiger charge is 2.16. The quantitative estimate of drug-likeness (QED) is 0.171. The summed E-state index contributed by atoms with van der Waals surface area (Å²) < 4.78 is 17.0. The van der Waals surface area contributed by atoms with E-state index in [4.69, 9.17) is 39.5 Å². The standard InChI is InChI=1S/C23H26Cl2FN7OS/c1-13(27)20-21(28)30-22(31-23(20)29-7-8-33(2)9-10-34)14-3-6-18(16(25)11-14)32-35-19-12-15(24)4-5-17(19)26/h3-6,11-12,27,32,34H,7-10H2,1-2H3,(H3,28,29,30,31). The van der Waals surface area contributed by atoms with Crippen molar-refractivity contribution in [3.63, 3.8) is 0 Å². The maximum Gasteiger partial charge on any atom is 0.163 e. The fourth-order valence-electron chi connectivity index (χ4n) is 3.15. The molecule has 0 unspecified atom stereocenters. The largest absolute Gasteiger partial charge is 0.395 e. The normalized spacial score (nSPS) is 11.1. The fraction of sp³-hybridized carbons (Fsp3) is 0.261. The van der Waals surface area contributed by atoms with Crippen molar-refractivity contribution in [1.82, 2.24) is 14.9 Å². The number of anilines is 3. The van der Waals surface area contributed by atoms with Gasteiger partial charge in [-0.15, -0.1) is 0 Å². The summed E-state index contributed by atoms with van der Waals surface area (Å²) >= 11 is 13.5. The van der Waals surface area contributed by atoms with Crippen LogP contribution in [0.1, 0.15) is 12.5 Å². The van der Waals surface area contributed by atoms with E-state index in [9.17, 15) is 4.39 Å². The maximum atomic E-state index is 14.0. The highest BCUT2D eigenvalue weighted by atomic mass is 35.5. The average molecular weight is 538 g/mol. The molecule has 3 rings (SSSR count). The first-order chi connectivity index (χ1) is 16.7. The Kier molecular flexibility index (Phi) is 9.53. The van der Waals surface area contributed by atoms with E-state index < -0.39 is 5.82 Å². The van der Waals surface area contributed by atoms with E-state index in [2.05, 4.69) is 20.0 Å². The van der Waals surface area contributed by atoms with Gasteiger partial charge in [0.2, 0.25) is 0 Å². The number of likely N-dealkylation sites (N-methyl/N-ethyl adjacent to an activating group) is 1. The number of halogens is 3. The molecule has 1 aromatic heterocycles. The highest BCUT2D eigenvalue weighted by molar-refractivity contribution is 8.00. The smallest absolute Gasteiger partial charge is 0.163 e. The Balaban J connectivity index is 1.81. The number of aliphatic hydroxyl groups excluding tert-OH is 1. The number of rotatable bonds is 11. The van der Waals surface area contributed by atoms with Crippen LogP contribution in [0.25, 0.3) is 11.4 Å². The molecule has 8 nitrogen and oxygen atoms in total. The lowest BCUT2D eigenvalue weighted by Gasteiger charge is -2.18. The predicted octanol–water partition coefficient (Wildman–Crippen LogP) is 5.01. The minimum atomic E-state index is -0.396. The third-order valence-corrected chi connectivity index (χ3v) is 6.37. The van der Waals surface area contributed by atoms with Gasteiger partial charge in [-0.2, -0.15) is 0 Å². The van der Waals surface area contributed by atoms with Crippen LogP contribution in [-0.4, -0.2) is 59.0 Å². The van der Waals surface area contributed by atoms with E-state index in [1.807, 2.05) is 11.9 Å². The fourth-order valence-corrected chi connectivity index (χ4v) is 4.42. The van der Waals surface area contributed by atoms with Gasteiger partial charge in [-0.1, -0.05) is 23.2 Å². The molecule has 0 amide bonds. The van der Waals surface area contributed by atoms with E-state index >= 15 is 0 Å². The van der Waals surface area contributed by atoms with Crippen molar-refractivity contribution in [3.8, 4) is 11.4 Å². The van der Waals surface area contributed by atoms with E-state index in [0.717, 1.165) is 11.9 Å². The van der Waals surface area contributed by atoms with Crippen LogP contribution in [0, 0.1) is 11.2 Å². The molecule has 0 saturated heterocycles. The molecule has 6 N–H and O–H groups in total. The Hall–Kier alpha value is -2.63. The van der Waals surface area contributed by atoms with E-state index in [1.54, 1.807) is 25.1 Å². The molecule has 3 aromatic rings. The molecule has 12 heteroatoms. The third-order valence-electron chi connectivity index (χ3n) is 4.97. The van der Waals surface area contributed by atoms with Gasteiger partial charge in [0, 0.05) is 35.9 Å². The molecule has 2 aromatic carbocycles. The zero-order valence-corrected chi connectivity index (χ0v) is 21.5. The highest BCUT2D eigenvalue weighted by Crippen LogP contribution is 2.33. The van der Waals surface area contributed by atoms with E-state index in [-0.39, 0.29) is 18.1 Å². The number of nitrogens with zero attached hydrogens (tertiary/aromatic N) is 3. The van der Waals surface area contributed by atoms with Crippen LogP contribution in [0.15, 0.2) is 41.3 Å². The van der Waals surface area contributed by atoms with E-state index in [1.165, 1.54) is 18.2 Å². The number of nitrogens with two attached hydrogens (primary N) is 1. The summed E-state index contributed by atoms with van der Waals surface area (Å²) in [4.78, 5) is 11.3. The second-order valence-electron chi connectivity index (χ2n) is 7.71. The van der Waals surface area contributed by atoms with Gasteiger partial charge < -0.3 is 31.2 Å². The molecule has 186 valence electrons. The maximum absolute atomic E-state index is 14.0. The summed E-state index contributed by atoms with van der Waals surface area (Å²) in [6, 6.07) is 9.50. The molecule has 0 radical (unpaired) electrons. The number of nitrogens with one attached hydrogen (secondary N) is 3. The van der Waals surface area contributed by atoms with Gasteiger partial charge in [-0.25, -0.2) is 14.4 Å². The molecular weight excluding hydrogens is 512 g/mol. The van der Waals surface area contributed by atoms with Crippen molar-refractivity contribution < 1.29 is 9.50 Å².